The van der Waals surface area contributed by atoms with E-state index in [9.17, 15) is 5.11 Å². The molecule has 0 spiro atoms. The summed E-state index contributed by atoms with van der Waals surface area (Å²) in [6, 6.07) is 7.88. The lowest BCUT2D eigenvalue weighted by Gasteiger charge is -2.19. The van der Waals surface area contributed by atoms with Crippen molar-refractivity contribution in [1.29, 1.82) is 0 Å². The summed E-state index contributed by atoms with van der Waals surface area (Å²) in [5, 5.41) is 16.9. The molecule has 0 amide bonds. The first kappa shape index (κ1) is 19.9. The Kier molecular flexibility index (Phi) is 4.69. The summed E-state index contributed by atoms with van der Waals surface area (Å²) >= 11 is 0. The summed E-state index contributed by atoms with van der Waals surface area (Å²) in [4.78, 5) is 17.3. The molecule has 1 aromatic carbocycles. The number of nitrogens with one attached hydrogen (secondary N) is 2. The number of benzene rings is 1. The Morgan fingerprint density at radius 2 is 2.10 bits per heavy atom. The van der Waals surface area contributed by atoms with Crippen molar-refractivity contribution in [3.8, 4) is 11.3 Å². The van der Waals surface area contributed by atoms with E-state index in [1.54, 1.807) is 0 Å². The molecule has 31 heavy (non-hydrogen) atoms. The number of fused-ring (bicyclic) bond motifs is 2. The number of nitrogens with two attached hydrogens (primary N) is 1. The number of nitrogens with zero attached hydrogens (tertiary/aromatic N) is 4. The van der Waals surface area contributed by atoms with Gasteiger partial charge >= 0.3 is 0 Å². The van der Waals surface area contributed by atoms with Crippen LogP contribution in [0.3, 0.4) is 0 Å². The number of aromatic amines is 1. The number of aromatic nitrogens is 5. The van der Waals surface area contributed by atoms with Crippen LogP contribution in [0, 0.1) is 5.92 Å². The van der Waals surface area contributed by atoms with Gasteiger partial charge in [-0.15, -0.1) is 0 Å². The van der Waals surface area contributed by atoms with Gasteiger partial charge in [0.25, 0.3) is 0 Å². The van der Waals surface area contributed by atoms with Crippen LogP contribution in [0.15, 0.2) is 30.6 Å². The van der Waals surface area contributed by atoms with Gasteiger partial charge in [0.05, 0.1) is 23.2 Å². The van der Waals surface area contributed by atoms with E-state index in [4.69, 9.17) is 15.7 Å². The van der Waals surface area contributed by atoms with Gasteiger partial charge in [-0.3, -0.25) is 4.84 Å². The third-order valence-electron chi connectivity index (χ3n) is 5.55. The molecule has 1 unspecified atom stereocenters. The first-order chi connectivity index (χ1) is 14.8. The van der Waals surface area contributed by atoms with Crippen LogP contribution in [0.4, 0.5) is 5.82 Å². The average molecular weight is 422 g/mol. The normalized spacial score (nSPS) is 15.7. The Hall–Kier alpha value is -3.01. The van der Waals surface area contributed by atoms with Crippen LogP contribution in [0.25, 0.3) is 33.2 Å². The zero-order valence-corrected chi connectivity index (χ0v) is 17.9. The molecule has 3 heterocycles. The van der Waals surface area contributed by atoms with Crippen molar-refractivity contribution < 1.29 is 9.94 Å². The highest BCUT2D eigenvalue weighted by atomic mass is 16.7. The maximum absolute atomic E-state index is 10.4. The molecule has 1 saturated carbocycles. The number of hydrogen-bond donors (Lipinski definition) is 4. The van der Waals surface area contributed by atoms with Gasteiger partial charge in [0.1, 0.15) is 17.8 Å². The van der Waals surface area contributed by atoms with Crippen molar-refractivity contribution in [3.05, 3.63) is 36.3 Å². The molecule has 1 fully saturated rings. The second-order valence-corrected chi connectivity index (χ2v) is 9.19. The van der Waals surface area contributed by atoms with Crippen molar-refractivity contribution in [2.24, 2.45) is 5.92 Å². The SMILES string of the molecule is CC(C)(C)n1nc(-c2ccc3cc(C(O)NOCC4CC4)[nH]c3c2)c2c(N)ncnc21. The highest BCUT2D eigenvalue weighted by Crippen LogP contribution is 2.34. The molecule has 1 aliphatic carbocycles. The van der Waals surface area contributed by atoms with E-state index in [1.807, 2.05) is 28.9 Å². The molecule has 0 bridgehead atoms. The highest BCUT2D eigenvalue weighted by molar-refractivity contribution is 6.00. The Morgan fingerprint density at radius 1 is 1.29 bits per heavy atom. The van der Waals surface area contributed by atoms with E-state index in [0.29, 0.717) is 29.7 Å². The van der Waals surface area contributed by atoms with Crippen molar-refractivity contribution in [2.75, 3.05) is 12.3 Å². The molecule has 1 aliphatic rings. The lowest BCUT2D eigenvalue weighted by Crippen LogP contribution is -2.23. The monoisotopic (exact) mass is 421 g/mol. The maximum atomic E-state index is 10.4. The molecule has 0 radical (unpaired) electrons. The van der Waals surface area contributed by atoms with Crippen LogP contribution < -0.4 is 11.2 Å². The van der Waals surface area contributed by atoms with Gasteiger partial charge in [-0.25, -0.2) is 14.6 Å². The zero-order valence-electron chi connectivity index (χ0n) is 17.9. The second kappa shape index (κ2) is 7.30. The Bertz CT molecular complexity index is 1250. The van der Waals surface area contributed by atoms with Gasteiger partial charge in [0.2, 0.25) is 0 Å². The van der Waals surface area contributed by atoms with Crippen molar-refractivity contribution in [3.63, 3.8) is 0 Å². The summed E-state index contributed by atoms with van der Waals surface area (Å²) < 4.78 is 1.88. The molecule has 5 N–H and O–H groups in total. The van der Waals surface area contributed by atoms with E-state index >= 15 is 0 Å². The summed E-state index contributed by atoms with van der Waals surface area (Å²) in [7, 11) is 0. The first-order valence-electron chi connectivity index (χ1n) is 10.5. The lowest BCUT2D eigenvalue weighted by atomic mass is 10.1. The summed E-state index contributed by atoms with van der Waals surface area (Å²) in [6.07, 6.45) is 2.93. The lowest BCUT2D eigenvalue weighted by molar-refractivity contribution is -0.0636. The topological polar surface area (TPSA) is 127 Å². The first-order valence-corrected chi connectivity index (χ1v) is 10.5. The van der Waals surface area contributed by atoms with E-state index in [0.717, 1.165) is 27.5 Å². The summed E-state index contributed by atoms with van der Waals surface area (Å²) in [5.41, 5.74) is 12.5. The Labute approximate surface area is 179 Å². The molecule has 0 aliphatic heterocycles. The number of rotatable bonds is 6. The van der Waals surface area contributed by atoms with Gasteiger partial charge < -0.3 is 15.8 Å². The van der Waals surface area contributed by atoms with Gasteiger partial charge in [-0.1, -0.05) is 12.1 Å². The number of nitrogen functional groups attached to an aromatic ring is 1. The number of aliphatic hydroxyl groups excluding tert-OH is 1. The number of hydrogen-bond acceptors (Lipinski definition) is 7. The van der Waals surface area contributed by atoms with Crippen molar-refractivity contribution in [2.45, 2.75) is 45.4 Å². The number of hydroxylamine groups is 1. The fraction of sp³-hybridized carbons (Fsp3) is 0.409. The molecular weight excluding hydrogens is 394 g/mol. The third-order valence-corrected chi connectivity index (χ3v) is 5.55. The molecule has 9 heteroatoms. The minimum Gasteiger partial charge on any atom is -0.383 e. The zero-order chi connectivity index (χ0) is 21.8. The van der Waals surface area contributed by atoms with Crippen LogP contribution in [0.2, 0.25) is 0 Å². The molecular formula is C22H27N7O2. The second-order valence-electron chi connectivity index (χ2n) is 9.19. The van der Waals surface area contributed by atoms with Crippen molar-refractivity contribution >= 4 is 27.8 Å². The van der Waals surface area contributed by atoms with E-state index in [2.05, 4.69) is 41.2 Å². The summed E-state index contributed by atoms with van der Waals surface area (Å²) in [5.74, 6) is 1.01. The number of H-pyrrole nitrogens is 1. The molecule has 3 aromatic heterocycles. The van der Waals surface area contributed by atoms with E-state index in [1.165, 1.54) is 19.2 Å². The quantitative estimate of drug-likeness (QED) is 0.278. The van der Waals surface area contributed by atoms with Gasteiger partial charge in [-0.2, -0.15) is 10.6 Å². The van der Waals surface area contributed by atoms with Crippen LogP contribution >= 0.6 is 0 Å². The fourth-order valence-electron chi connectivity index (χ4n) is 3.68. The van der Waals surface area contributed by atoms with E-state index < -0.39 is 6.23 Å². The predicted octanol–water partition coefficient (Wildman–Crippen LogP) is 3.23. The largest absolute Gasteiger partial charge is 0.383 e. The minimum atomic E-state index is -0.931. The molecule has 9 nitrogen and oxygen atoms in total. The van der Waals surface area contributed by atoms with Crippen LogP contribution in [-0.4, -0.2) is 36.4 Å². The molecule has 1 atom stereocenters. The fourth-order valence-corrected chi connectivity index (χ4v) is 3.68. The average Bonchev–Trinajstić information content (AvgIpc) is 3.29. The minimum absolute atomic E-state index is 0.267. The highest BCUT2D eigenvalue weighted by Gasteiger charge is 2.24. The predicted molar refractivity (Wildman–Crippen MR) is 119 cm³/mol. The summed E-state index contributed by atoms with van der Waals surface area (Å²) in [6.45, 7) is 6.83. The van der Waals surface area contributed by atoms with Crippen LogP contribution in [0.5, 0.6) is 0 Å². The van der Waals surface area contributed by atoms with Gasteiger partial charge in [0.15, 0.2) is 11.9 Å². The molecule has 162 valence electrons. The smallest absolute Gasteiger partial charge is 0.167 e. The Balaban J connectivity index is 1.51. The third kappa shape index (κ3) is 3.76. The van der Waals surface area contributed by atoms with Crippen LogP contribution in [0.1, 0.15) is 45.5 Å². The molecule has 5 rings (SSSR count). The van der Waals surface area contributed by atoms with Crippen molar-refractivity contribution in [1.82, 2.24) is 30.2 Å². The van der Waals surface area contributed by atoms with E-state index in [-0.39, 0.29) is 5.54 Å². The number of anilines is 1. The molecule has 0 saturated heterocycles. The maximum Gasteiger partial charge on any atom is 0.167 e. The standard InChI is InChI=1S/C22H27N7O2/c1-22(2,3)29-20-17(19(23)24-11-25-20)18(27-29)14-7-6-13-8-16(26-15(13)9-14)21(30)28-31-10-12-4-5-12/h6-9,11-12,21,26,28,30H,4-5,10H2,1-3H3,(H2,23,24,25). The molecule has 4 aromatic rings. The van der Waals surface area contributed by atoms with Crippen LogP contribution in [-0.2, 0) is 10.4 Å². The van der Waals surface area contributed by atoms with Gasteiger partial charge in [0, 0.05) is 11.1 Å². The number of aliphatic hydroxyl groups is 1. The Morgan fingerprint density at radius 3 is 2.84 bits per heavy atom. The van der Waals surface area contributed by atoms with Gasteiger partial charge in [-0.05, 0) is 57.0 Å².